The fraction of sp³-hybridized carbons (Fsp3) is 0.0769. The van der Waals surface area contributed by atoms with Crippen LogP contribution in [0.25, 0.3) is 0 Å². The van der Waals surface area contributed by atoms with Crippen molar-refractivity contribution < 1.29 is 9.53 Å². The predicted octanol–water partition coefficient (Wildman–Crippen LogP) is 3.20. The first-order valence-corrected chi connectivity index (χ1v) is 5.88. The molecule has 86 valence electrons. The van der Waals surface area contributed by atoms with E-state index in [0.717, 1.165) is 5.56 Å². The molecule has 0 radical (unpaired) electrons. The van der Waals surface area contributed by atoms with Crippen molar-refractivity contribution in [2.75, 3.05) is 0 Å². The summed E-state index contributed by atoms with van der Waals surface area (Å²) < 4.78 is 5.80. The summed E-state index contributed by atoms with van der Waals surface area (Å²) in [6, 6.07) is 13.0. The molecule has 0 amide bonds. The highest BCUT2D eigenvalue weighted by Crippen LogP contribution is 2.14. The van der Waals surface area contributed by atoms with E-state index >= 15 is 0 Å². The zero-order chi connectivity index (χ0) is 12.1. The molecule has 1 aromatic carbocycles. The highest BCUT2D eigenvalue weighted by molar-refractivity contribution is 9.10. The largest absolute Gasteiger partial charge is 0.456 e. The third kappa shape index (κ3) is 3.14. The lowest BCUT2D eigenvalue weighted by atomic mass is 10.2. The van der Waals surface area contributed by atoms with E-state index in [1.807, 2.05) is 30.3 Å². The second-order valence-corrected chi connectivity index (χ2v) is 4.25. The number of ether oxygens (including phenoxy) is 1. The predicted molar refractivity (Wildman–Crippen MR) is 67.5 cm³/mol. The molecule has 0 aliphatic rings. The lowest BCUT2D eigenvalue weighted by molar-refractivity contribution is 0.0464. The van der Waals surface area contributed by atoms with Crippen molar-refractivity contribution in [2.45, 2.75) is 6.61 Å². The Bertz CT molecular complexity index is 514. The molecule has 0 aliphatic carbocycles. The standard InChI is InChI=1S/C13H10BrNO2/c14-11-7-4-8-15-12(11)13(16)17-9-10-5-2-1-3-6-10/h1-8H,9H2. The molecule has 0 saturated heterocycles. The van der Waals surface area contributed by atoms with Crippen LogP contribution in [0.4, 0.5) is 0 Å². The normalized spacial score (nSPS) is 9.94. The van der Waals surface area contributed by atoms with Gasteiger partial charge >= 0.3 is 5.97 Å². The molecule has 1 aromatic heterocycles. The molecule has 17 heavy (non-hydrogen) atoms. The number of hydrogen-bond donors (Lipinski definition) is 0. The maximum absolute atomic E-state index is 11.7. The van der Waals surface area contributed by atoms with Crippen molar-refractivity contribution in [3.05, 3.63) is 64.4 Å². The van der Waals surface area contributed by atoms with E-state index in [2.05, 4.69) is 20.9 Å². The number of halogens is 1. The van der Waals surface area contributed by atoms with E-state index in [1.165, 1.54) is 0 Å². The summed E-state index contributed by atoms with van der Waals surface area (Å²) in [7, 11) is 0. The molecule has 0 saturated carbocycles. The van der Waals surface area contributed by atoms with Gasteiger partial charge in [-0.1, -0.05) is 30.3 Å². The Kier molecular flexibility index (Phi) is 3.88. The first-order chi connectivity index (χ1) is 8.27. The van der Waals surface area contributed by atoms with Gasteiger partial charge in [-0.15, -0.1) is 0 Å². The molecule has 0 fully saturated rings. The molecule has 3 nitrogen and oxygen atoms in total. The van der Waals surface area contributed by atoms with Gasteiger partial charge in [0, 0.05) is 6.20 Å². The molecule has 1 heterocycles. The van der Waals surface area contributed by atoms with Gasteiger partial charge < -0.3 is 4.74 Å². The van der Waals surface area contributed by atoms with Crippen molar-refractivity contribution in [3.8, 4) is 0 Å². The first kappa shape index (κ1) is 11.8. The number of nitrogens with zero attached hydrogens (tertiary/aromatic N) is 1. The Labute approximate surface area is 108 Å². The van der Waals surface area contributed by atoms with E-state index in [4.69, 9.17) is 4.74 Å². The van der Waals surface area contributed by atoms with Gasteiger partial charge in [-0.05, 0) is 33.6 Å². The van der Waals surface area contributed by atoms with Crippen LogP contribution >= 0.6 is 15.9 Å². The Morgan fingerprint density at radius 3 is 2.65 bits per heavy atom. The number of pyridine rings is 1. The van der Waals surface area contributed by atoms with Gasteiger partial charge in [0.15, 0.2) is 5.69 Å². The lowest BCUT2D eigenvalue weighted by Gasteiger charge is -2.05. The SMILES string of the molecule is O=C(OCc1ccccc1)c1ncccc1Br. The summed E-state index contributed by atoms with van der Waals surface area (Å²) in [5.41, 5.74) is 1.25. The van der Waals surface area contributed by atoms with E-state index in [-0.39, 0.29) is 6.61 Å². The van der Waals surface area contributed by atoms with Crippen LogP contribution in [-0.2, 0) is 11.3 Å². The van der Waals surface area contributed by atoms with Gasteiger partial charge in [-0.2, -0.15) is 0 Å². The summed E-state index contributed by atoms with van der Waals surface area (Å²) in [5.74, 6) is -0.429. The van der Waals surface area contributed by atoms with Crippen molar-refractivity contribution in [1.29, 1.82) is 0 Å². The van der Waals surface area contributed by atoms with Gasteiger partial charge in [0.2, 0.25) is 0 Å². The third-order valence-electron chi connectivity index (χ3n) is 2.16. The van der Waals surface area contributed by atoms with Crippen LogP contribution in [0.3, 0.4) is 0 Å². The van der Waals surface area contributed by atoms with Crippen LogP contribution in [0.5, 0.6) is 0 Å². The topological polar surface area (TPSA) is 39.2 Å². The fourth-order valence-electron chi connectivity index (χ4n) is 1.33. The summed E-state index contributed by atoms with van der Waals surface area (Å²) >= 11 is 3.26. The van der Waals surface area contributed by atoms with E-state index in [0.29, 0.717) is 10.2 Å². The van der Waals surface area contributed by atoms with Gasteiger partial charge in [-0.3, -0.25) is 0 Å². The van der Waals surface area contributed by atoms with Crippen LogP contribution in [0, 0.1) is 0 Å². The Morgan fingerprint density at radius 2 is 1.94 bits per heavy atom. The van der Waals surface area contributed by atoms with Crippen molar-refractivity contribution >= 4 is 21.9 Å². The molecule has 0 aliphatic heterocycles. The molecule has 0 unspecified atom stereocenters. The molecule has 0 spiro atoms. The second kappa shape index (κ2) is 5.59. The van der Waals surface area contributed by atoms with Crippen LogP contribution in [0.2, 0.25) is 0 Å². The molecule has 2 aromatic rings. The van der Waals surface area contributed by atoms with Gasteiger partial charge in [0.05, 0.1) is 4.47 Å². The molecule has 2 rings (SSSR count). The molecular weight excluding hydrogens is 282 g/mol. The van der Waals surface area contributed by atoms with E-state index < -0.39 is 5.97 Å². The van der Waals surface area contributed by atoms with Gasteiger partial charge in [0.25, 0.3) is 0 Å². The molecule has 0 N–H and O–H groups in total. The summed E-state index contributed by atoms with van der Waals surface area (Å²) in [5, 5.41) is 0. The number of hydrogen-bond acceptors (Lipinski definition) is 3. The Morgan fingerprint density at radius 1 is 1.18 bits per heavy atom. The average molecular weight is 292 g/mol. The highest BCUT2D eigenvalue weighted by Gasteiger charge is 2.12. The quantitative estimate of drug-likeness (QED) is 0.815. The zero-order valence-electron chi connectivity index (χ0n) is 8.97. The monoisotopic (exact) mass is 291 g/mol. The number of rotatable bonds is 3. The number of carbonyl (C=O) groups excluding carboxylic acids is 1. The van der Waals surface area contributed by atoms with Crippen molar-refractivity contribution in [3.63, 3.8) is 0 Å². The minimum Gasteiger partial charge on any atom is -0.456 e. The smallest absolute Gasteiger partial charge is 0.358 e. The number of benzene rings is 1. The van der Waals surface area contributed by atoms with Crippen LogP contribution in [0.1, 0.15) is 16.1 Å². The summed E-state index contributed by atoms with van der Waals surface area (Å²) in [4.78, 5) is 15.7. The van der Waals surface area contributed by atoms with Crippen molar-refractivity contribution in [2.24, 2.45) is 0 Å². The minimum absolute atomic E-state index is 0.253. The summed E-state index contributed by atoms with van der Waals surface area (Å²) in [6.45, 7) is 0.253. The van der Waals surface area contributed by atoms with E-state index in [9.17, 15) is 4.79 Å². The molecule has 4 heteroatoms. The zero-order valence-corrected chi connectivity index (χ0v) is 10.6. The van der Waals surface area contributed by atoms with Crippen LogP contribution < -0.4 is 0 Å². The Hall–Kier alpha value is -1.68. The van der Waals surface area contributed by atoms with Crippen LogP contribution in [-0.4, -0.2) is 11.0 Å². The minimum atomic E-state index is -0.429. The number of carbonyl (C=O) groups is 1. The maximum atomic E-state index is 11.7. The average Bonchev–Trinajstić information content (AvgIpc) is 2.38. The lowest BCUT2D eigenvalue weighted by Crippen LogP contribution is -2.08. The second-order valence-electron chi connectivity index (χ2n) is 3.40. The van der Waals surface area contributed by atoms with Crippen molar-refractivity contribution in [1.82, 2.24) is 4.98 Å². The van der Waals surface area contributed by atoms with Gasteiger partial charge in [-0.25, -0.2) is 9.78 Å². The fourth-order valence-corrected chi connectivity index (χ4v) is 1.74. The maximum Gasteiger partial charge on any atom is 0.358 e. The molecular formula is C13H10BrNO2. The van der Waals surface area contributed by atoms with Gasteiger partial charge in [0.1, 0.15) is 6.61 Å². The first-order valence-electron chi connectivity index (χ1n) is 5.09. The summed E-state index contributed by atoms with van der Waals surface area (Å²) in [6.07, 6.45) is 1.56. The number of aromatic nitrogens is 1. The molecule has 0 atom stereocenters. The van der Waals surface area contributed by atoms with Crippen LogP contribution in [0.15, 0.2) is 53.1 Å². The van der Waals surface area contributed by atoms with E-state index in [1.54, 1.807) is 18.3 Å². The number of esters is 1. The Balaban J connectivity index is 2.01. The highest BCUT2D eigenvalue weighted by atomic mass is 79.9. The third-order valence-corrected chi connectivity index (χ3v) is 2.80. The molecule has 0 bridgehead atoms.